The van der Waals surface area contributed by atoms with Crippen molar-refractivity contribution in [2.45, 2.75) is 5.03 Å². The van der Waals surface area contributed by atoms with Crippen molar-refractivity contribution in [2.75, 3.05) is 4.72 Å². The minimum absolute atomic E-state index is 0.261. The molecule has 2 rings (SSSR count). The lowest BCUT2D eigenvalue weighted by Crippen LogP contribution is -2.18. The summed E-state index contributed by atoms with van der Waals surface area (Å²) in [5.41, 5.74) is -1.52. The Balaban J connectivity index is 2.47. The van der Waals surface area contributed by atoms with E-state index in [1.165, 1.54) is 19.3 Å². The van der Waals surface area contributed by atoms with Crippen LogP contribution in [0.1, 0.15) is 10.4 Å². The molecule has 0 fully saturated rings. The summed E-state index contributed by atoms with van der Waals surface area (Å²) in [6.45, 7) is 0. The van der Waals surface area contributed by atoms with E-state index in [4.69, 9.17) is 5.11 Å². The van der Waals surface area contributed by atoms with Crippen molar-refractivity contribution in [1.82, 2.24) is 9.78 Å². The minimum atomic E-state index is -4.18. The molecule has 2 aromatic rings. The van der Waals surface area contributed by atoms with Crippen molar-refractivity contribution in [1.29, 1.82) is 0 Å². The van der Waals surface area contributed by atoms with Gasteiger partial charge in [0.1, 0.15) is 11.6 Å². The van der Waals surface area contributed by atoms with Crippen LogP contribution in [-0.2, 0) is 17.1 Å². The maximum Gasteiger partial charge on any atom is 0.338 e. The second-order valence-corrected chi connectivity index (χ2v) is 5.64. The topological polar surface area (TPSA) is 101 Å². The standard InChI is InChI=1S/C11H9F2N3O4S/c1-16-10(2-3-14-16)21(19,20)15-9-4-6(11(17)18)7(12)5-8(9)13/h2-5,15H,1H3,(H,17,18). The van der Waals surface area contributed by atoms with E-state index in [9.17, 15) is 22.0 Å². The maximum absolute atomic E-state index is 13.6. The molecule has 2 N–H and O–H groups in total. The average molecular weight is 317 g/mol. The largest absolute Gasteiger partial charge is 0.478 e. The number of nitrogens with zero attached hydrogens (tertiary/aromatic N) is 2. The van der Waals surface area contributed by atoms with E-state index in [0.29, 0.717) is 12.1 Å². The van der Waals surface area contributed by atoms with Crippen molar-refractivity contribution in [3.05, 3.63) is 41.6 Å². The van der Waals surface area contributed by atoms with E-state index < -0.39 is 38.9 Å². The van der Waals surface area contributed by atoms with Gasteiger partial charge in [-0.1, -0.05) is 0 Å². The van der Waals surface area contributed by atoms with Crippen LogP contribution in [0.3, 0.4) is 0 Å². The molecule has 0 spiro atoms. The van der Waals surface area contributed by atoms with Gasteiger partial charge in [0.2, 0.25) is 0 Å². The van der Waals surface area contributed by atoms with Crippen LogP contribution in [0.2, 0.25) is 0 Å². The molecule has 0 bridgehead atoms. The van der Waals surface area contributed by atoms with Gasteiger partial charge in [0.05, 0.1) is 17.4 Å². The molecule has 0 amide bonds. The Morgan fingerprint density at radius 2 is 2.00 bits per heavy atom. The third-order valence-electron chi connectivity index (χ3n) is 2.58. The Labute approximate surface area is 117 Å². The summed E-state index contributed by atoms with van der Waals surface area (Å²) in [6.07, 6.45) is 1.22. The van der Waals surface area contributed by atoms with Crippen LogP contribution < -0.4 is 4.72 Å². The number of aryl methyl sites for hydroxylation is 1. The number of halogens is 2. The first-order valence-corrected chi connectivity index (χ1v) is 6.94. The third kappa shape index (κ3) is 2.84. The molecule has 0 aliphatic carbocycles. The molecule has 1 aromatic heterocycles. The zero-order valence-electron chi connectivity index (χ0n) is 10.5. The highest BCUT2D eigenvalue weighted by Crippen LogP contribution is 2.22. The Morgan fingerprint density at radius 3 is 2.52 bits per heavy atom. The number of carbonyl (C=O) groups is 1. The first-order valence-electron chi connectivity index (χ1n) is 5.45. The minimum Gasteiger partial charge on any atom is -0.478 e. The Hall–Kier alpha value is -2.49. The molecular formula is C11H9F2N3O4S. The molecule has 10 heteroatoms. The zero-order chi connectivity index (χ0) is 15.8. The number of hydrogen-bond acceptors (Lipinski definition) is 4. The van der Waals surface area contributed by atoms with Crippen LogP contribution in [0, 0.1) is 11.6 Å². The van der Waals surface area contributed by atoms with Gasteiger partial charge in [-0.3, -0.25) is 9.40 Å². The Kier molecular flexibility index (Phi) is 3.64. The van der Waals surface area contributed by atoms with E-state index in [1.807, 2.05) is 4.72 Å². The molecule has 0 radical (unpaired) electrons. The number of carboxylic acids is 1. The van der Waals surface area contributed by atoms with Gasteiger partial charge >= 0.3 is 5.97 Å². The van der Waals surface area contributed by atoms with Gasteiger partial charge in [0.25, 0.3) is 10.0 Å². The molecule has 21 heavy (non-hydrogen) atoms. The molecule has 1 heterocycles. The summed E-state index contributed by atoms with van der Waals surface area (Å²) in [5, 5.41) is 12.1. The summed E-state index contributed by atoms with van der Waals surface area (Å²) < 4.78 is 53.8. The fourth-order valence-corrected chi connectivity index (χ4v) is 2.80. The second-order valence-electron chi connectivity index (χ2n) is 4.02. The maximum atomic E-state index is 13.6. The van der Waals surface area contributed by atoms with Gasteiger partial charge in [0.15, 0.2) is 5.03 Å². The fourth-order valence-electron chi connectivity index (χ4n) is 1.61. The summed E-state index contributed by atoms with van der Waals surface area (Å²) in [4.78, 5) is 10.8. The molecule has 0 atom stereocenters. The van der Waals surface area contributed by atoms with Crippen LogP contribution in [0.25, 0.3) is 0 Å². The summed E-state index contributed by atoms with van der Waals surface area (Å²) in [5.74, 6) is -4.18. The summed E-state index contributed by atoms with van der Waals surface area (Å²) in [6, 6.07) is 2.04. The van der Waals surface area contributed by atoms with E-state index in [1.54, 1.807) is 0 Å². The number of benzene rings is 1. The van der Waals surface area contributed by atoms with Crippen LogP contribution in [0.5, 0.6) is 0 Å². The summed E-state index contributed by atoms with van der Waals surface area (Å²) in [7, 11) is -2.82. The Morgan fingerprint density at radius 1 is 1.33 bits per heavy atom. The van der Waals surface area contributed by atoms with E-state index in [-0.39, 0.29) is 5.03 Å². The van der Waals surface area contributed by atoms with Crippen LogP contribution in [0.15, 0.2) is 29.4 Å². The fraction of sp³-hybridized carbons (Fsp3) is 0.0909. The van der Waals surface area contributed by atoms with Crippen molar-refractivity contribution >= 4 is 21.7 Å². The van der Waals surface area contributed by atoms with Gasteiger partial charge in [-0.15, -0.1) is 0 Å². The number of aromatic nitrogens is 2. The van der Waals surface area contributed by atoms with E-state index in [2.05, 4.69) is 5.10 Å². The van der Waals surface area contributed by atoms with Gasteiger partial charge in [-0.05, 0) is 12.1 Å². The number of rotatable bonds is 4. The number of carboxylic acid groups (broad SMARTS) is 1. The molecule has 0 saturated heterocycles. The molecule has 0 aliphatic rings. The molecular weight excluding hydrogens is 308 g/mol. The molecule has 0 unspecified atom stereocenters. The van der Waals surface area contributed by atoms with Gasteiger partial charge in [0, 0.05) is 13.1 Å². The highest BCUT2D eigenvalue weighted by Gasteiger charge is 2.22. The lowest BCUT2D eigenvalue weighted by molar-refractivity contribution is 0.0692. The highest BCUT2D eigenvalue weighted by atomic mass is 32.2. The average Bonchev–Trinajstić information content (AvgIpc) is 2.79. The Bertz CT molecular complexity index is 817. The third-order valence-corrected chi connectivity index (χ3v) is 4.02. The first-order chi connectivity index (χ1) is 9.72. The molecule has 0 saturated carbocycles. The van der Waals surface area contributed by atoms with Crippen molar-refractivity contribution in [2.24, 2.45) is 7.05 Å². The molecule has 1 aromatic carbocycles. The predicted octanol–water partition coefficient (Wildman–Crippen LogP) is 1.20. The number of nitrogens with one attached hydrogen (secondary N) is 1. The molecule has 0 aliphatic heterocycles. The summed E-state index contributed by atoms with van der Waals surface area (Å²) >= 11 is 0. The van der Waals surface area contributed by atoms with Gasteiger partial charge in [-0.2, -0.15) is 13.5 Å². The van der Waals surface area contributed by atoms with Crippen LogP contribution in [-0.4, -0.2) is 29.3 Å². The quantitative estimate of drug-likeness (QED) is 0.882. The second kappa shape index (κ2) is 5.13. The van der Waals surface area contributed by atoms with Crippen molar-refractivity contribution in [3.8, 4) is 0 Å². The van der Waals surface area contributed by atoms with Crippen molar-refractivity contribution < 1.29 is 27.1 Å². The lowest BCUT2D eigenvalue weighted by atomic mass is 10.2. The SMILES string of the molecule is Cn1nccc1S(=O)(=O)Nc1cc(C(=O)O)c(F)cc1F. The molecule has 112 valence electrons. The number of aromatic carboxylic acids is 1. The number of hydrogen-bond donors (Lipinski definition) is 2. The highest BCUT2D eigenvalue weighted by molar-refractivity contribution is 7.92. The van der Waals surface area contributed by atoms with Gasteiger partial charge in [-0.25, -0.2) is 13.6 Å². The van der Waals surface area contributed by atoms with E-state index >= 15 is 0 Å². The zero-order valence-corrected chi connectivity index (χ0v) is 11.4. The number of sulfonamides is 1. The monoisotopic (exact) mass is 317 g/mol. The smallest absolute Gasteiger partial charge is 0.338 e. The van der Waals surface area contributed by atoms with Crippen molar-refractivity contribution in [3.63, 3.8) is 0 Å². The van der Waals surface area contributed by atoms with Crippen LogP contribution >= 0.6 is 0 Å². The predicted molar refractivity (Wildman–Crippen MR) is 67.3 cm³/mol. The molecule has 7 nitrogen and oxygen atoms in total. The number of anilines is 1. The first kappa shape index (κ1) is 14.9. The van der Waals surface area contributed by atoms with Crippen LogP contribution in [0.4, 0.5) is 14.5 Å². The van der Waals surface area contributed by atoms with Gasteiger partial charge < -0.3 is 5.11 Å². The normalized spacial score (nSPS) is 11.4. The lowest BCUT2D eigenvalue weighted by Gasteiger charge is -2.10. The van der Waals surface area contributed by atoms with E-state index in [0.717, 1.165) is 4.68 Å².